The minimum atomic E-state index is -4.27. The van der Waals surface area contributed by atoms with Gasteiger partial charge in [0.15, 0.2) is 0 Å². The number of thioether (sulfide) groups is 1. The van der Waals surface area contributed by atoms with E-state index in [1.807, 2.05) is 13.8 Å². The number of nitrogens with zero attached hydrogens (tertiary/aromatic N) is 1. The largest absolute Gasteiger partial charge is 0.441 e. The minimum absolute atomic E-state index is 0.0444. The molecule has 21 heavy (non-hydrogen) atoms. The van der Waals surface area contributed by atoms with Crippen molar-refractivity contribution in [2.75, 3.05) is 24.7 Å². The fourth-order valence-electron chi connectivity index (χ4n) is 1.54. The molecule has 0 spiro atoms. The molecule has 0 aromatic carbocycles. The van der Waals surface area contributed by atoms with E-state index in [2.05, 4.69) is 15.6 Å². The molecule has 0 saturated heterocycles. The van der Waals surface area contributed by atoms with Crippen molar-refractivity contribution in [2.24, 2.45) is 0 Å². The second-order valence-corrected chi connectivity index (χ2v) is 5.78. The second-order valence-electron chi connectivity index (χ2n) is 4.62. The fourth-order valence-corrected chi connectivity index (χ4v) is 1.98. The molecule has 0 aliphatic rings. The first kappa shape index (κ1) is 17.6. The lowest BCUT2D eigenvalue weighted by molar-refractivity contribution is -0.0327. The molecule has 4 nitrogen and oxygen atoms in total. The molecule has 8 heteroatoms. The van der Waals surface area contributed by atoms with Crippen LogP contribution in [0.15, 0.2) is 12.1 Å². The van der Waals surface area contributed by atoms with Crippen LogP contribution in [0.2, 0.25) is 0 Å². The van der Waals surface area contributed by atoms with Crippen LogP contribution in [0.4, 0.5) is 19.0 Å². The molecule has 1 aromatic heterocycles. The van der Waals surface area contributed by atoms with Crippen molar-refractivity contribution in [3.63, 3.8) is 0 Å². The van der Waals surface area contributed by atoms with E-state index in [9.17, 15) is 18.0 Å². The lowest BCUT2D eigenvalue weighted by Gasteiger charge is -2.11. The predicted molar refractivity (Wildman–Crippen MR) is 78.7 cm³/mol. The highest BCUT2D eigenvalue weighted by Gasteiger charge is 2.27. The summed E-state index contributed by atoms with van der Waals surface area (Å²) in [5, 5.41) is 5.33. The van der Waals surface area contributed by atoms with E-state index in [-0.39, 0.29) is 30.0 Å². The van der Waals surface area contributed by atoms with Crippen LogP contribution < -0.4 is 10.6 Å². The van der Waals surface area contributed by atoms with Crippen LogP contribution in [-0.4, -0.2) is 35.7 Å². The number of aromatic nitrogens is 1. The summed E-state index contributed by atoms with van der Waals surface area (Å²) >= 11 is -0.153. The van der Waals surface area contributed by atoms with Gasteiger partial charge < -0.3 is 10.6 Å². The normalized spacial score (nSPS) is 11.6. The summed E-state index contributed by atoms with van der Waals surface area (Å²) in [7, 11) is 1.69. The van der Waals surface area contributed by atoms with Gasteiger partial charge in [0.25, 0.3) is 5.91 Å². The third kappa shape index (κ3) is 6.24. The molecule has 0 atom stereocenters. The molecule has 1 aromatic rings. The number of alkyl halides is 3. The Morgan fingerprint density at radius 1 is 1.38 bits per heavy atom. The number of rotatable bonds is 6. The van der Waals surface area contributed by atoms with Crippen molar-refractivity contribution in [1.29, 1.82) is 0 Å². The van der Waals surface area contributed by atoms with Crippen molar-refractivity contribution in [2.45, 2.75) is 25.3 Å². The highest BCUT2D eigenvalue weighted by molar-refractivity contribution is 8.00. The third-order valence-corrected chi connectivity index (χ3v) is 3.34. The van der Waals surface area contributed by atoms with E-state index in [0.717, 1.165) is 5.69 Å². The molecular weight excluding hydrogens is 303 g/mol. The summed E-state index contributed by atoms with van der Waals surface area (Å²) in [6, 6.07) is 3.22. The molecule has 118 valence electrons. The molecule has 0 bridgehead atoms. The number of hydrogen-bond acceptors (Lipinski definition) is 4. The standard InChI is InChI=1S/C13H18F3N3OS/c1-8(2)10-6-9(7-11(17-3)19-10)12(20)18-4-5-21-13(14,15)16/h6-8H,4-5H2,1-3H3,(H,17,19)(H,18,20). The van der Waals surface area contributed by atoms with Crippen molar-refractivity contribution in [3.05, 3.63) is 23.4 Å². The Labute approximate surface area is 125 Å². The molecule has 0 saturated carbocycles. The van der Waals surface area contributed by atoms with Gasteiger partial charge in [-0.15, -0.1) is 0 Å². The van der Waals surface area contributed by atoms with Gasteiger partial charge in [0.1, 0.15) is 5.82 Å². The van der Waals surface area contributed by atoms with Crippen LogP contribution >= 0.6 is 11.8 Å². The predicted octanol–water partition coefficient (Wildman–Crippen LogP) is 3.23. The summed E-state index contributed by atoms with van der Waals surface area (Å²) in [5.41, 5.74) is -3.14. The van der Waals surface area contributed by atoms with Gasteiger partial charge in [-0.3, -0.25) is 4.79 Å². The van der Waals surface area contributed by atoms with E-state index in [4.69, 9.17) is 0 Å². The number of carbonyl (C=O) groups is 1. The Morgan fingerprint density at radius 3 is 2.57 bits per heavy atom. The van der Waals surface area contributed by atoms with Crippen molar-refractivity contribution in [1.82, 2.24) is 10.3 Å². The van der Waals surface area contributed by atoms with Crippen LogP contribution in [0.25, 0.3) is 0 Å². The Balaban J connectivity index is 2.67. The maximum atomic E-state index is 12.0. The van der Waals surface area contributed by atoms with Crippen LogP contribution in [0.3, 0.4) is 0 Å². The molecule has 0 fully saturated rings. The smallest absolute Gasteiger partial charge is 0.373 e. The number of carbonyl (C=O) groups excluding carboxylic acids is 1. The Kier molecular flexibility index (Phi) is 6.32. The van der Waals surface area contributed by atoms with E-state index in [1.165, 1.54) is 0 Å². The number of hydrogen-bond donors (Lipinski definition) is 2. The molecule has 1 amide bonds. The first-order valence-corrected chi connectivity index (χ1v) is 7.40. The molecular formula is C13H18F3N3OS. The number of anilines is 1. The van der Waals surface area contributed by atoms with E-state index in [1.54, 1.807) is 19.2 Å². The summed E-state index contributed by atoms with van der Waals surface area (Å²) in [5.74, 6) is 0.0798. The third-order valence-electron chi connectivity index (χ3n) is 2.61. The van der Waals surface area contributed by atoms with Crippen molar-refractivity contribution >= 4 is 23.5 Å². The fraction of sp³-hybridized carbons (Fsp3) is 0.538. The van der Waals surface area contributed by atoms with Gasteiger partial charge in [-0.2, -0.15) is 13.2 Å². The van der Waals surface area contributed by atoms with Crippen LogP contribution in [0, 0.1) is 0 Å². The van der Waals surface area contributed by atoms with Gasteiger partial charge in [0.2, 0.25) is 0 Å². The van der Waals surface area contributed by atoms with Gasteiger partial charge >= 0.3 is 5.51 Å². The molecule has 0 aliphatic heterocycles. The lowest BCUT2D eigenvalue weighted by Crippen LogP contribution is -2.27. The highest BCUT2D eigenvalue weighted by atomic mass is 32.2. The second kappa shape index (κ2) is 7.53. The Morgan fingerprint density at radius 2 is 2.05 bits per heavy atom. The summed E-state index contributed by atoms with van der Waals surface area (Å²) < 4.78 is 35.9. The maximum Gasteiger partial charge on any atom is 0.441 e. The Bertz CT molecular complexity index is 492. The first-order valence-electron chi connectivity index (χ1n) is 6.41. The van der Waals surface area contributed by atoms with Crippen LogP contribution in [-0.2, 0) is 0 Å². The number of pyridine rings is 1. The molecule has 1 rings (SSSR count). The van der Waals surface area contributed by atoms with Crippen molar-refractivity contribution < 1.29 is 18.0 Å². The monoisotopic (exact) mass is 321 g/mol. The molecule has 1 heterocycles. The zero-order valence-electron chi connectivity index (χ0n) is 12.0. The topological polar surface area (TPSA) is 54.0 Å². The minimum Gasteiger partial charge on any atom is -0.373 e. The van der Waals surface area contributed by atoms with E-state index < -0.39 is 11.4 Å². The average molecular weight is 321 g/mol. The number of nitrogens with one attached hydrogen (secondary N) is 2. The lowest BCUT2D eigenvalue weighted by atomic mass is 10.1. The van der Waals surface area contributed by atoms with E-state index >= 15 is 0 Å². The van der Waals surface area contributed by atoms with Gasteiger partial charge in [-0.05, 0) is 29.8 Å². The maximum absolute atomic E-state index is 12.0. The van der Waals surface area contributed by atoms with Gasteiger partial charge in [0.05, 0.1) is 0 Å². The van der Waals surface area contributed by atoms with Crippen LogP contribution in [0.5, 0.6) is 0 Å². The molecule has 2 N–H and O–H groups in total. The van der Waals surface area contributed by atoms with Gasteiger partial charge in [0, 0.05) is 30.6 Å². The molecule has 0 radical (unpaired) electrons. The Hall–Kier alpha value is -1.44. The summed E-state index contributed by atoms with van der Waals surface area (Å²) in [6.07, 6.45) is 0. The van der Waals surface area contributed by atoms with E-state index in [0.29, 0.717) is 11.4 Å². The number of amides is 1. The zero-order chi connectivity index (χ0) is 16.0. The van der Waals surface area contributed by atoms with Gasteiger partial charge in [-0.1, -0.05) is 13.8 Å². The SMILES string of the molecule is CNc1cc(C(=O)NCCSC(F)(F)F)cc(C(C)C)n1. The average Bonchev–Trinajstić information content (AvgIpc) is 2.41. The highest BCUT2D eigenvalue weighted by Crippen LogP contribution is 2.29. The summed E-state index contributed by atoms with van der Waals surface area (Å²) in [6.45, 7) is 3.85. The quantitative estimate of drug-likeness (QED) is 0.790. The van der Waals surface area contributed by atoms with Gasteiger partial charge in [-0.25, -0.2) is 4.98 Å². The number of halogens is 3. The first-order chi connectivity index (χ1) is 9.73. The van der Waals surface area contributed by atoms with Crippen LogP contribution in [0.1, 0.15) is 35.8 Å². The van der Waals surface area contributed by atoms with Crippen molar-refractivity contribution in [3.8, 4) is 0 Å². The summed E-state index contributed by atoms with van der Waals surface area (Å²) in [4.78, 5) is 16.3. The molecule has 0 aliphatic carbocycles. The molecule has 0 unspecified atom stereocenters. The zero-order valence-corrected chi connectivity index (χ0v) is 12.9.